The summed E-state index contributed by atoms with van der Waals surface area (Å²) in [4.78, 5) is 2.68. The van der Waals surface area contributed by atoms with E-state index in [1.54, 1.807) is 0 Å². The van der Waals surface area contributed by atoms with E-state index in [0.29, 0.717) is 12.0 Å². The maximum Gasteiger partial charge on any atom is 0.0402 e. The van der Waals surface area contributed by atoms with Crippen LogP contribution in [0.15, 0.2) is 24.3 Å². The molecule has 1 saturated carbocycles. The van der Waals surface area contributed by atoms with Crippen LogP contribution >= 0.6 is 0 Å². The monoisotopic (exact) mass is 272 g/mol. The predicted octanol–water partition coefficient (Wildman–Crippen LogP) is 3.59. The minimum Gasteiger partial charge on any atom is -0.368 e. The van der Waals surface area contributed by atoms with Crippen LogP contribution in [-0.4, -0.2) is 19.1 Å². The molecule has 1 aromatic rings. The summed E-state index contributed by atoms with van der Waals surface area (Å²) in [7, 11) is 0. The number of nitrogens with zero attached hydrogens (tertiary/aromatic N) is 1. The van der Waals surface area contributed by atoms with Crippen LogP contribution in [0, 0.1) is 11.8 Å². The lowest BCUT2D eigenvalue weighted by Crippen LogP contribution is -2.46. The lowest BCUT2D eigenvalue weighted by molar-refractivity contribution is 0.224. The standard InChI is InChI=1S/C18H28N2/c1-2-5-14-8-9-16(13-19)18(12-14)20-11-10-15-6-3-4-7-17(15)20/h3-4,6-7,14,16,18H,2,5,8-13,19H2,1H3. The molecule has 1 aliphatic heterocycles. The Kier molecular flexibility index (Phi) is 4.30. The van der Waals surface area contributed by atoms with Crippen molar-refractivity contribution in [3.8, 4) is 0 Å². The molecule has 0 bridgehead atoms. The van der Waals surface area contributed by atoms with Gasteiger partial charge in [-0.05, 0) is 55.7 Å². The molecule has 0 amide bonds. The van der Waals surface area contributed by atoms with Gasteiger partial charge in [0.05, 0.1) is 0 Å². The first kappa shape index (κ1) is 13.9. The first-order valence-electron chi connectivity index (χ1n) is 8.38. The molecule has 1 heterocycles. The van der Waals surface area contributed by atoms with Crippen LogP contribution in [0.4, 0.5) is 5.69 Å². The Balaban J connectivity index is 1.79. The van der Waals surface area contributed by atoms with E-state index in [9.17, 15) is 0 Å². The molecule has 0 saturated heterocycles. The molecule has 0 spiro atoms. The molecule has 3 unspecified atom stereocenters. The largest absolute Gasteiger partial charge is 0.368 e. The maximum atomic E-state index is 6.07. The second-order valence-electron chi connectivity index (χ2n) is 6.60. The molecule has 0 aromatic heterocycles. The minimum absolute atomic E-state index is 0.675. The number of hydrogen-bond acceptors (Lipinski definition) is 2. The molecule has 3 atom stereocenters. The van der Waals surface area contributed by atoms with Gasteiger partial charge in [-0.1, -0.05) is 38.0 Å². The van der Waals surface area contributed by atoms with Gasteiger partial charge < -0.3 is 10.6 Å². The van der Waals surface area contributed by atoms with E-state index in [2.05, 4.69) is 36.1 Å². The van der Waals surface area contributed by atoms with Gasteiger partial charge in [0.25, 0.3) is 0 Å². The summed E-state index contributed by atoms with van der Waals surface area (Å²) in [6.45, 7) is 4.36. The number of rotatable bonds is 4. The molecule has 1 aliphatic carbocycles. The number of fused-ring (bicyclic) bond motifs is 1. The fourth-order valence-electron chi connectivity index (χ4n) is 4.33. The van der Waals surface area contributed by atoms with Gasteiger partial charge in [0.2, 0.25) is 0 Å². The van der Waals surface area contributed by atoms with Crippen molar-refractivity contribution in [3.63, 3.8) is 0 Å². The van der Waals surface area contributed by atoms with Gasteiger partial charge in [0.15, 0.2) is 0 Å². The van der Waals surface area contributed by atoms with E-state index in [4.69, 9.17) is 5.73 Å². The fourth-order valence-corrected chi connectivity index (χ4v) is 4.33. The summed E-state index contributed by atoms with van der Waals surface area (Å²) in [6, 6.07) is 9.62. The van der Waals surface area contributed by atoms with Gasteiger partial charge in [-0.2, -0.15) is 0 Å². The zero-order valence-corrected chi connectivity index (χ0v) is 12.7. The SMILES string of the molecule is CCCC1CCC(CN)C(N2CCc3ccccc32)C1. The number of hydrogen-bond donors (Lipinski definition) is 1. The zero-order chi connectivity index (χ0) is 13.9. The highest BCUT2D eigenvalue weighted by Gasteiger charge is 2.35. The molecule has 110 valence electrons. The number of nitrogens with two attached hydrogens (primary N) is 1. The van der Waals surface area contributed by atoms with E-state index < -0.39 is 0 Å². The van der Waals surface area contributed by atoms with Crippen LogP contribution in [-0.2, 0) is 6.42 Å². The first-order valence-corrected chi connectivity index (χ1v) is 8.38. The Bertz CT molecular complexity index is 443. The third kappa shape index (κ3) is 2.58. The van der Waals surface area contributed by atoms with Crippen molar-refractivity contribution >= 4 is 5.69 Å². The third-order valence-corrected chi connectivity index (χ3v) is 5.39. The third-order valence-electron chi connectivity index (χ3n) is 5.39. The van der Waals surface area contributed by atoms with E-state index in [1.807, 2.05) is 0 Å². The van der Waals surface area contributed by atoms with Crippen LogP contribution < -0.4 is 10.6 Å². The molecule has 1 aromatic carbocycles. The van der Waals surface area contributed by atoms with Crippen molar-refractivity contribution in [2.45, 2.75) is 51.5 Å². The highest BCUT2D eigenvalue weighted by Crippen LogP contribution is 2.39. The number of anilines is 1. The number of benzene rings is 1. The van der Waals surface area contributed by atoms with Crippen LogP contribution in [0.3, 0.4) is 0 Å². The number of para-hydroxylation sites is 1. The Morgan fingerprint density at radius 1 is 1.25 bits per heavy atom. The Morgan fingerprint density at radius 3 is 2.90 bits per heavy atom. The average Bonchev–Trinajstić information content (AvgIpc) is 2.91. The Hall–Kier alpha value is -1.02. The second-order valence-corrected chi connectivity index (χ2v) is 6.60. The van der Waals surface area contributed by atoms with E-state index in [-0.39, 0.29) is 0 Å². The normalized spacial score (nSPS) is 29.5. The van der Waals surface area contributed by atoms with Crippen molar-refractivity contribution in [3.05, 3.63) is 29.8 Å². The molecule has 1 fully saturated rings. The summed E-state index contributed by atoms with van der Waals surface area (Å²) in [5.41, 5.74) is 9.08. The van der Waals surface area contributed by atoms with Crippen LogP contribution in [0.5, 0.6) is 0 Å². The molecular weight excluding hydrogens is 244 g/mol. The van der Waals surface area contributed by atoms with Gasteiger partial charge in [-0.3, -0.25) is 0 Å². The molecule has 2 nitrogen and oxygen atoms in total. The molecule has 2 heteroatoms. The molecule has 0 radical (unpaired) electrons. The summed E-state index contributed by atoms with van der Waals surface area (Å²) in [5.74, 6) is 1.61. The quantitative estimate of drug-likeness (QED) is 0.907. The highest BCUT2D eigenvalue weighted by atomic mass is 15.2. The smallest absolute Gasteiger partial charge is 0.0402 e. The first-order chi connectivity index (χ1) is 9.83. The molecular formula is C18H28N2. The van der Waals surface area contributed by atoms with E-state index in [0.717, 1.165) is 12.5 Å². The average molecular weight is 272 g/mol. The molecule has 3 rings (SSSR count). The van der Waals surface area contributed by atoms with Crippen molar-refractivity contribution < 1.29 is 0 Å². The van der Waals surface area contributed by atoms with Crippen molar-refractivity contribution in [1.82, 2.24) is 0 Å². The van der Waals surface area contributed by atoms with Crippen LogP contribution in [0.1, 0.15) is 44.6 Å². The summed E-state index contributed by atoms with van der Waals surface area (Å²) in [5, 5.41) is 0. The van der Waals surface area contributed by atoms with Crippen LogP contribution in [0.25, 0.3) is 0 Å². The minimum atomic E-state index is 0.675. The van der Waals surface area contributed by atoms with Crippen molar-refractivity contribution in [2.24, 2.45) is 17.6 Å². The maximum absolute atomic E-state index is 6.07. The van der Waals surface area contributed by atoms with Crippen LogP contribution in [0.2, 0.25) is 0 Å². The lowest BCUT2D eigenvalue weighted by Gasteiger charge is -2.42. The summed E-state index contributed by atoms with van der Waals surface area (Å²) < 4.78 is 0. The molecule has 2 aliphatic rings. The Labute approximate surface area is 123 Å². The van der Waals surface area contributed by atoms with Gasteiger partial charge in [-0.25, -0.2) is 0 Å². The van der Waals surface area contributed by atoms with Crippen molar-refractivity contribution in [2.75, 3.05) is 18.0 Å². The lowest BCUT2D eigenvalue weighted by atomic mass is 9.76. The van der Waals surface area contributed by atoms with Gasteiger partial charge in [-0.15, -0.1) is 0 Å². The van der Waals surface area contributed by atoms with Crippen molar-refractivity contribution in [1.29, 1.82) is 0 Å². The topological polar surface area (TPSA) is 29.3 Å². The summed E-state index contributed by atoms with van der Waals surface area (Å²) in [6.07, 6.45) is 7.99. The highest BCUT2D eigenvalue weighted by molar-refractivity contribution is 5.58. The van der Waals surface area contributed by atoms with Gasteiger partial charge in [0.1, 0.15) is 0 Å². The predicted molar refractivity (Wildman–Crippen MR) is 86.1 cm³/mol. The summed E-state index contributed by atoms with van der Waals surface area (Å²) >= 11 is 0. The Morgan fingerprint density at radius 2 is 2.10 bits per heavy atom. The zero-order valence-electron chi connectivity index (χ0n) is 12.7. The molecule has 2 N–H and O–H groups in total. The van der Waals surface area contributed by atoms with Gasteiger partial charge >= 0.3 is 0 Å². The fraction of sp³-hybridized carbons (Fsp3) is 0.667. The van der Waals surface area contributed by atoms with E-state index in [1.165, 1.54) is 56.3 Å². The molecule has 20 heavy (non-hydrogen) atoms. The van der Waals surface area contributed by atoms with E-state index >= 15 is 0 Å². The second kappa shape index (κ2) is 6.17. The van der Waals surface area contributed by atoms with Gasteiger partial charge in [0, 0.05) is 18.3 Å².